The van der Waals surface area contributed by atoms with Gasteiger partial charge in [0, 0.05) is 23.0 Å². The fourth-order valence-electron chi connectivity index (χ4n) is 3.51. The molecule has 1 atom stereocenters. The minimum absolute atomic E-state index is 0.0185. The zero-order valence-electron chi connectivity index (χ0n) is 17.0. The van der Waals surface area contributed by atoms with Gasteiger partial charge in [-0.2, -0.15) is 0 Å². The SMILES string of the molecule is Cc1cc(C)c2cc(CN(CCO)C(=S)NC(C)c3ccccc3)c(=O)[nH]c2c1. The van der Waals surface area contributed by atoms with Gasteiger partial charge in [0.25, 0.3) is 5.56 Å². The first-order valence-electron chi connectivity index (χ1n) is 9.73. The van der Waals surface area contributed by atoms with Crippen LogP contribution in [-0.4, -0.2) is 33.3 Å². The van der Waals surface area contributed by atoms with E-state index in [1.54, 1.807) is 0 Å². The van der Waals surface area contributed by atoms with Gasteiger partial charge in [0.1, 0.15) is 0 Å². The Morgan fingerprint density at radius 3 is 2.62 bits per heavy atom. The molecule has 6 heteroatoms. The van der Waals surface area contributed by atoms with Crippen LogP contribution in [0.2, 0.25) is 0 Å². The lowest BCUT2D eigenvalue weighted by Crippen LogP contribution is -2.42. The van der Waals surface area contributed by atoms with Crippen LogP contribution in [0.15, 0.2) is 53.3 Å². The first kappa shape index (κ1) is 21.0. The van der Waals surface area contributed by atoms with Crippen molar-refractivity contribution in [2.24, 2.45) is 0 Å². The van der Waals surface area contributed by atoms with Crippen molar-refractivity contribution in [1.29, 1.82) is 0 Å². The van der Waals surface area contributed by atoms with Crippen molar-refractivity contribution in [1.82, 2.24) is 15.2 Å². The molecule has 1 unspecified atom stereocenters. The predicted octanol–water partition coefficient (Wildman–Crippen LogP) is 3.57. The second-order valence-electron chi connectivity index (χ2n) is 7.39. The Kier molecular flexibility index (Phi) is 6.67. The van der Waals surface area contributed by atoms with Gasteiger partial charge in [0.2, 0.25) is 0 Å². The summed E-state index contributed by atoms with van der Waals surface area (Å²) in [5.74, 6) is 0. The smallest absolute Gasteiger partial charge is 0.253 e. The van der Waals surface area contributed by atoms with E-state index in [0.717, 1.165) is 27.6 Å². The van der Waals surface area contributed by atoms with Gasteiger partial charge < -0.3 is 20.3 Å². The van der Waals surface area contributed by atoms with Crippen LogP contribution in [0.4, 0.5) is 0 Å². The minimum Gasteiger partial charge on any atom is -0.395 e. The van der Waals surface area contributed by atoms with Gasteiger partial charge in [0.15, 0.2) is 5.11 Å². The number of fused-ring (bicyclic) bond motifs is 1. The lowest BCUT2D eigenvalue weighted by atomic mass is 10.0. The Morgan fingerprint density at radius 1 is 1.21 bits per heavy atom. The molecule has 0 radical (unpaired) electrons. The van der Waals surface area contributed by atoms with Crippen LogP contribution in [0.3, 0.4) is 0 Å². The number of hydrogen-bond acceptors (Lipinski definition) is 3. The summed E-state index contributed by atoms with van der Waals surface area (Å²) in [6.07, 6.45) is 0. The molecule has 0 aliphatic carbocycles. The number of nitrogens with one attached hydrogen (secondary N) is 2. The van der Waals surface area contributed by atoms with E-state index >= 15 is 0 Å². The van der Waals surface area contributed by atoms with Crippen LogP contribution in [0.25, 0.3) is 10.9 Å². The van der Waals surface area contributed by atoms with E-state index in [2.05, 4.69) is 16.4 Å². The van der Waals surface area contributed by atoms with Gasteiger partial charge in [-0.3, -0.25) is 4.79 Å². The quantitative estimate of drug-likeness (QED) is 0.543. The molecule has 0 aliphatic heterocycles. The van der Waals surface area contributed by atoms with Crippen molar-refractivity contribution in [3.8, 4) is 0 Å². The molecule has 0 saturated heterocycles. The molecule has 0 amide bonds. The fourth-order valence-corrected chi connectivity index (χ4v) is 3.85. The molecule has 5 nitrogen and oxygen atoms in total. The summed E-state index contributed by atoms with van der Waals surface area (Å²) in [4.78, 5) is 17.5. The normalized spacial score (nSPS) is 12.0. The predicted molar refractivity (Wildman–Crippen MR) is 122 cm³/mol. The molecule has 29 heavy (non-hydrogen) atoms. The van der Waals surface area contributed by atoms with Gasteiger partial charge in [0.05, 0.1) is 19.2 Å². The molecule has 2 aromatic carbocycles. The number of aryl methyl sites for hydroxylation is 2. The molecule has 1 aromatic heterocycles. The zero-order chi connectivity index (χ0) is 21.0. The molecule has 3 N–H and O–H groups in total. The van der Waals surface area contributed by atoms with Crippen molar-refractivity contribution in [2.75, 3.05) is 13.2 Å². The third kappa shape index (κ3) is 5.02. The van der Waals surface area contributed by atoms with E-state index in [1.807, 2.05) is 68.1 Å². The van der Waals surface area contributed by atoms with E-state index in [4.69, 9.17) is 12.2 Å². The Labute approximate surface area is 176 Å². The van der Waals surface area contributed by atoms with Crippen LogP contribution >= 0.6 is 12.2 Å². The number of hydrogen-bond donors (Lipinski definition) is 3. The molecule has 0 saturated carbocycles. The zero-order valence-corrected chi connectivity index (χ0v) is 17.8. The Hall–Kier alpha value is -2.70. The molecular weight excluding hydrogens is 382 g/mol. The average molecular weight is 410 g/mol. The van der Waals surface area contributed by atoms with Crippen LogP contribution < -0.4 is 10.9 Å². The molecule has 0 bridgehead atoms. The highest BCUT2D eigenvalue weighted by Gasteiger charge is 2.16. The van der Waals surface area contributed by atoms with Crippen molar-refractivity contribution >= 4 is 28.2 Å². The maximum atomic E-state index is 12.7. The lowest BCUT2D eigenvalue weighted by molar-refractivity contribution is 0.244. The first-order valence-corrected chi connectivity index (χ1v) is 10.1. The maximum Gasteiger partial charge on any atom is 0.253 e. The third-order valence-electron chi connectivity index (χ3n) is 5.05. The highest BCUT2D eigenvalue weighted by molar-refractivity contribution is 7.80. The molecular formula is C23H27N3O2S. The number of aliphatic hydroxyl groups excluding tert-OH is 1. The average Bonchev–Trinajstić information content (AvgIpc) is 2.69. The van der Waals surface area contributed by atoms with Crippen molar-refractivity contribution in [3.05, 3.63) is 81.1 Å². The molecule has 0 fully saturated rings. The number of pyridine rings is 1. The number of benzene rings is 2. The van der Waals surface area contributed by atoms with Gasteiger partial charge in [-0.25, -0.2) is 0 Å². The number of nitrogens with zero attached hydrogens (tertiary/aromatic N) is 1. The monoisotopic (exact) mass is 409 g/mol. The Balaban J connectivity index is 1.84. The van der Waals surface area contributed by atoms with Crippen LogP contribution in [-0.2, 0) is 6.54 Å². The van der Waals surface area contributed by atoms with Crippen molar-refractivity contribution in [2.45, 2.75) is 33.4 Å². The number of rotatable bonds is 6. The van der Waals surface area contributed by atoms with Gasteiger partial charge in [-0.05, 0) is 61.8 Å². The van der Waals surface area contributed by atoms with Crippen molar-refractivity contribution in [3.63, 3.8) is 0 Å². The highest BCUT2D eigenvalue weighted by Crippen LogP contribution is 2.19. The molecule has 3 aromatic rings. The molecule has 0 spiro atoms. The summed E-state index contributed by atoms with van der Waals surface area (Å²) >= 11 is 5.59. The Bertz CT molecular complexity index is 1060. The third-order valence-corrected chi connectivity index (χ3v) is 5.42. The van der Waals surface area contributed by atoms with E-state index in [1.165, 1.54) is 0 Å². The van der Waals surface area contributed by atoms with E-state index in [-0.39, 0.29) is 18.2 Å². The number of thiocarbonyl (C=S) groups is 1. The topological polar surface area (TPSA) is 68.4 Å². The molecule has 152 valence electrons. The summed E-state index contributed by atoms with van der Waals surface area (Å²) in [7, 11) is 0. The fraction of sp³-hybridized carbons (Fsp3) is 0.304. The van der Waals surface area contributed by atoms with Gasteiger partial charge in [-0.15, -0.1) is 0 Å². The number of H-pyrrole nitrogens is 1. The number of aromatic nitrogens is 1. The van der Waals surface area contributed by atoms with E-state index < -0.39 is 0 Å². The van der Waals surface area contributed by atoms with Crippen molar-refractivity contribution < 1.29 is 5.11 Å². The first-order chi connectivity index (χ1) is 13.9. The maximum absolute atomic E-state index is 12.7. The van der Waals surface area contributed by atoms with Crippen LogP contribution in [0.1, 0.15) is 35.2 Å². The summed E-state index contributed by atoms with van der Waals surface area (Å²) < 4.78 is 0. The van der Waals surface area contributed by atoms with Gasteiger partial charge in [-0.1, -0.05) is 36.4 Å². The molecule has 0 aliphatic rings. The minimum atomic E-state index is -0.135. The standard InChI is InChI=1S/C23H27N3O2S/c1-15-11-16(2)20-13-19(22(28)25-21(20)12-15)14-26(9-10-27)23(29)24-17(3)18-7-5-4-6-8-18/h4-8,11-13,17,27H,9-10,14H2,1-3H3,(H,24,29)(H,25,28). The van der Waals surface area contributed by atoms with Crippen LogP contribution in [0.5, 0.6) is 0 Å². The largest absolute Gasteiger partial charge is 0.395 e. The lowest BCUT2D eigenvalue weighted by Gasteiger charge is -2.27. The molecule has 3 rings (SSSR count). The second kappa shape index (κ2) is 9.20. The van der Waals surface area contributed by atoms with Crippen LogP contribution in [0, 0.1) is 13.8 Å². The van der Waals surface area contributed by atoms with E-state index in [0.29, 0.717) is 23.8 Å². The summed E-state index contributed by atoms with van der Waals surface area (Å²) in [6, 6.07) is 16.0. The summed E-state index contributed by atoms with van der Waals surface area (Å²) in [6.45, 7) is 6.71. The Morgan fingerprint density at radius 2 is 1.93 bits per heavy atom. The highest BCUT2D eigenvalue weighted by atomic mass is 32.1. The summed E-state index contributed by atoms with van der Waals surface area (Å²) in [5.41, 5.74) is 4.67. The van der Waals surface area contributed by atoms with E-state index in [9.17, 15) is 9.90 Å². The molecule has 1 heterocycles. The number of aliphatic hydroxyl groups is 1. The number of aromatic amines is 1. The summed E-state index contributed by atoms with van der Waals surface area (Å²) in [5, 5.41) is 14.4. The second-order valence-corrected chi connectivity index (χ2v) is 7.78. The van der Waals surface area contributed by atoms with Gasteiger partial charge >= 0.3 is 0 Å².